The Morgan fingerprint density at radius 2 is 1.09 bits per heavy atom. The Kier molecular flexibility index (Phi) is 6.85. The van der Waals surface area contributed by atoms with Crippen molar-refractivity contribution in [1.82, 2.24) is 0 Å². The molecule has 4 heteroatoms. The second-order valence-corrected chi connectivity index (χ2v) is 4.89. The number of oxime groups is 2. The van der Waals surface area contributed by atoms with E-state index in [4.69, 9.17) is 9.68 Å². The lowest BCUT2D eigenvalue weighted by Crippen LogP contribution is -2.03. The highest BCUT2D eigenvalue weighted by Gasteiger charge is 2.02. The first-order chi connectivity index (χ1) is 11.3. The molecule has 0 heterocycles. The van der Waals surface area contributed by atoms with Crippen LogP contribution in [-0.4, -0.2) is 18.2 Å². The van der Waals surface area contributed by atoms with Crippen molar-refractivity contribution in [2.45, 2.75) is 26.7 Å². The Labute approximate surface area is 137 Å². The fourth-order valence-corrected chi connectivity index (χ4v) is 2.14. The van der Waals surface area contributed by atoms with Crippen LogP contribution in [0.25, 0.3) is 0 Å². The van der Waals surface area contributed by atoms with Gasteiger partial charge in [0.15, 0.2) is 0 Å². The number of hydrogen-bond donors (Lipinski definition) is 0. The van der Waals surface area contributed by atoms with Gasteiger partial charge in [-0.2, -0.15) is 0 Å². The molecular formula is C19H22N2O2. The number of hydrogen-bond acceptors (Lipinski definition) is 4. The third-order valence-electron chi connectivity index (χ3n) is 3.34. The Hall–Kier alpha value is -2.62. The maximum atomic E-state index is 5.23. The van der Waals surface area contributed by atoms with Gasteiger partial charge in [0, 0.05) is 0 Å². The summed E-state index contributed by atoms with van der Waals surface area (Å²) in [5, 5.41) is 8.26. The smallest absolute Gasteiger partial charge is 0.280 e. The lowest BCUT2D eigenvalue weighted by molar-refractivity contribution is -0.0507. The molecule has 4 nitrogen and oxygen atoms in total. The summed E-state index contributed by atoms with van der Waals surface area (Å²) in [4.78, 5) is 10.5. The van der Waals surface area contributed by atoms with Crippen molar-refractivity contribution in [2.24, 2.45) is 10.3 Å². The molecule has 23 heavy (non-hydrogen) atoms. The highest BCUT2D eigenvalue weighted by molar-refractivity contribution is 6.00. The van der Waals surface area contributed by atoms with Crippen LogP contribution in [0.3, 0.4) is 0 Å². The van der Waals surface area contributed by atoms with Gasteiger partial charge in [0.2, 0.25) is 0 Å². The maximum absolute atomic E-state index is 5.23. The molecule has 0 aliphatic heterocycles. The summed E-state index contributed by atoms with van der Waals surface area (Å²) in [5.74, 6) is 0. The first-order valence-corrected chi connectivity index (χ1v) is 7.83. The van der Waals surface area contributed by atoms with Crippen LogP contribution in [0.2, 0.25) is 0 Å². The average molecular weight is 310 g/mol. The minimum absolute atomic E-state index is 0.00727. The number of rotatable bonds is 8. The van der Waals surface area contributed by atoms with Gasteiger partial charge >= 0.3 is 0 Å². The van der Waals surface area contributed by atoms with Gasteiger partial charge in [-0.1, -0.05) is 84.8 Å². The van der Waals surface area contributed by atoms with Crippen LogP contribution >= 0.6 is 0 Å². The molecular weight excluding hydrogens is 288 g/mol. The van der Waals surface area contributed by atoms with E-state index in [9.17, 15) is 0 Å². The minimum Gasteiger partial charge on any atom is -0.352 e. The van der Waals surface area contributed by atoms with E-state index in [-0.39, 0.29) is 6.79 Å². The molecule has 0 aliphatic carbocycles. The van der Waals surface area contributed by atoms with Gasteiger partial charge in [0.05, 0.1) is 11.4 Å². The van der Waals surface area contributed by atoms with Crippen LogP contribution in [0.5, 0.6) is 0 Å². The highest BCUT2D eigenvalue weighted by Crippen LogP contribution is 2.06. The molecule has 0 amide bonds. The van der Waals surface area contributed by atoms with Crippen LogP contribution in [-0.2, 0) is 9.68 Å². The Morgan fingerprint density at radius 3 is 1.43 bits per heavy atom. The summed E-state index contributed by atoms with van der Waals surface area (Å²) in [6.07, 6.45) is 1.58. The standard InChI is InChI=1S/C19H22N2O2/c1-3-18(16-11-7-5-8-12-16)20-22-15-23-21-19(4-2)17-13-9-6-10-14-17/h5-14H,3-4,15H2,1-2H3. The Morgan fingerprint density at radius 1 is 0.696 bits per heavy atom. The fourth-order valence-electron chi connectivity index (χ4n) is 2.14. The summed E-state index contributed by atoms with van der Waals surface area (Å²) >= 11 is 0. The summed E-state index contributed by atoms with van der Waals surface area (Å²) < 4.78 is 0. The average Bonchev–Trinajstić information content (AvgIpc) is 2.63. The van der Waals surface area contributed by atoms with Gasteiger partial charge in [0.25, 0.3) is 6.79 Å². The van der Waals surface area contributed by atoms with E-state index in [2.05, 4.69) is 10.3 Å². The molecule has 0 spiro atoms. The summed E-state index contributed by atoms with van der Waals surface area (Å²) in [6, 6.07) is 19.9. The van der Waals surface area contributed by atoms with Gasteiger partial charge < -0.3 is 9.68 Å². The zero-order chi connectivity index (χ0) is 16.3. The van der Waals surface area contributed by atoms with E-state index in [1.54, 1.807) is 0 Å². The quantitative estimate of drug-likeness (QED) is 0.309. The zero-order valence-electron chi connectivity index (χ0n) is 13.6. The second-order valence-electron chi connectivity index (χ2n) is 4.89. The largest absolute Gasteiger partial charge is 0.352 e. The van der Waals surface area contributed by atoms with Gasteiger partial charge in [-0.05, 0) is 24.0 Å². The highest BCUT2D eigenvalue weighted by atomic mass is 16.8. The van der Waals surface area contributed by atoms with E-state index in [1.165, 1.54) is 0 Å². The van der Waals surface area contributed by atoms with E-state index >= 15 is 0 Å². The predicted octanol–water partition coefficient (Wildman–Crippen LogP) is 4.61. The van der Waals surface area contributed by atoms with Crippen LogP contribution in [0.15, 0.2) is 71.0 Å². The van der Waals surface area contributed by atoms with Gasteiger partial charge in [-0.15, -0.1) is 0 Å². The minimum atomic E-state index is -0.00727. The first-order valence-electron chi connectivity index (χ1n) is 7.83. The molecule has 0 atom stereocenters. The van der Waals surface area contributed by atoms with Crippen molar-refractivity contribution in [3.05, 3.63) is 71.8 Å². The van der Waals surface area contributed by atoms with Crippen molar-refractivity contribution in [2.75, 3.05) is 6.79 Å². The van der Waals surface area contributed by atoms with Crippen molar-refractivity contribution < 1.29 is 9.68 Å². The molecule has 2 rings (SSSR count). The molecule has 120 valence electrons. The SMILES string of the molecule is CCC(=NOCON=C(CC)c1ccccc1)c1ccccc1. The molecule has 2 aromatic carbocycles. The Bertz CT molecular complexity index is 579. The molecule has 0 saturated carbocycles. The van der Waals surface area contributed by atoms with Crippen molar-refractivity contribution in [3.8, 4) is 0 Å². The van der Waals surface area contributed by atoms with Gasteiger partial charge in [-0.3, -0.25) is 0 Å². The van der Waals surface area contributed by atoms with Crippen molar-refractivity contribution in [3.63, 3.8) is 0 Å². The van der Waals surface area contributed by atoms with Crippen LogP contribution in [0, 0.1) is 0 Å². The molecule has 0 aromatic heterocycles. The molecule has 0 bridgehead atoms. The molecule has 0 fully saturated rings. The number of benzene rings is 2. The topological polar surface area (TPSA) is 43.2 Å². The molecule has 0 N–H and O–H groups in total. The monoisotopic (exact) mass is 310 g/mol. The van der Waals surface area contributed by atoms with Crippen LogP contribution in [0.4, 0.5) is 0 Å². The van der Waals surface area contributed by atoms with E-state index < -0.39 is 0 Å². The normalized spacial score (nSPS) is 12.1. The second kappa shape index (κ2) is 9.41. The summed E-state index contributed by atoms with van der Waals surface area (Å²) in [5.41, 5.74) is 3.88. The number of nitrogens with zero attached hydrogens (tertiary/aromatic N) is 2. The molecule has 0 saturated heterocycles. The maximum Gasteiger partial charge on any atom is 0.280 e. The fraction of sp³-hybridized carbons (Fsp3) is 0.263. The molecule has 0 aliphatic rings. The lowest BCUT2D eigenvalue weighted by atomic mass is 10.1. The lowest BCUT2D eigenvalue weighted by Gasteiger charge is -2.05. The van der Waals surface area contributed by atoms with E-state index in [1.807, 2.05) is 74.5 Å². The van der Waals surface area contributed by atoms with Crippen molar-refractivity contribution in [1.29, 1.82) is 0 Å². The van der Waals surface area contributed by atoms with Gasteiger partial charge in [-0.25, -0.2) is 0 Å². The third-order valence-corrected chi connectivity index (χ3v) is 3.34. The summed E-state index contributed by atoms with van der Waals surface area (Å²) in [6.45, 7) is 4.07. The zero-order valence-corrected chi connectivity index (χ0v) is 13.6. The first kappa shape index (κ1) is 16.7. The van der Waals surface area contributed by atoms with E-state index in [0.29, 0.717) is 0 Å². The van der Waals surface area contributed by atoms with Crippen LogP contribution in [0.1, 0.15) is 37.8 Å². The van der Waals surface area contributed by atoms with Gasteiger partial charge in [0.1, 0.15) is 0 Å². The third kappa shape index (κ3) is 5.25. The molecule has 0 radical (unpaired) electrons. The predicted molar refractivity (Wildman–Crippen MR) is 93.6 cm³/mol. The van der Waals surface area contributed by atoms with E-state index in [0.717, 1.165) is 35.4 Å². The van der Waals surface area contributed by atoms with Crippen LogP contribution < -0.4 is 0 Å². The molecule has 0 unspecified atom stereocenters. The summed E-state index contributed by atoms with van der Waals surface area (Å²) in [7, 11) is 0. The molecule has 2 aromatic rings. The van der Waals surface area contributed by atoms with Crippen molar-refractivity contribution >= 4 is 11.4 Å². The Balaban J connectivity index is 1.89.